The van der Waals surface area contributed by atoms with E-state index in [9.17, 15) is 24.1 Å². The van der Waals surface area contributed by atoms with Gasteiger partial charge in [-0.3, -0.25) is 19.7 Å². The maximum atomic E-state index is 13.2. The van der Waals surface area contributed by atoms with Crippen LogP contribution in [0.1, 0.15) is 10.4 Å². The fourth-order valence-electron chi connectivity index (χ4n) is 1.72. The predicted octanol–water partition coefficient (Wildman–Crippen LogP) is 1.68. The molecule has 8 heteroatoms. The number of hydrogen-bond acceptors (Lipinski definition) is 4. The summed E-state index contributed by atoms with van der Waals surface area (Å²) in [5.41, 5.74) is -0.905. The average Bonchev–Trinajstić information content (AvgIpc) is 2.42. The number of nitrogens with zero attached hydrogens (tertiary/aromatic N) is 2. The molecule has 0 spiro atoms. The van der Waals surface area contributed by atoms with Gasteiger partial charge in [-0.05, 0) is 18.2 Å². The third-order valence-electron chi connectivity index (χ3n) is 2.74. The maximum absolute atomic E-state index is 13.2. The Kier molecular flexibility index (Phi) is 3.79. The third-order valence-corrected chi connectivity index (χ3v) is 2.74. The summed E-state index contributed by atoms with van der Waals surface area (Å²) >= 11 is 0. The quantitative estimate of drug-likeness (QED) is 0.687. The highest BCUT2D eigenvalue weighted by molar-refractivity contribution is 6.06. The molecule has 1 N–H and O–H groups in total. The number of pyridine rings is 1. The maximum Gasteiger partial charge on any atom is 0.282 e. The van der Waals surface area contributed by atoms with Gasteiger partial charge >= 0.3 is 0 Å². The van der Waals surface area contributed by atoms with Crippen LogP contribution in [-0.2, 0) is 7.05 Å². The SMILES string of the molecule is Cn1cc(NC(=O)c2cc(F)ccc2[N+](=O)[O-])ccc1=O. The first-order valence-electron chi connectivity index (χ1n) is 5.80. The van der Waals surface area contributed by atoms with Gasteiger partial charge in [0.1, 0.15) is 11.4 Å². The highest BCUT2D eigenvalue weighted by atomic mass is 19.1. The van der Waals surface area contributed by atoms with Crippen LogP contribution in [0.25, 0.3) is 0 Å². The summed E-state index contributed by atoms with van der Waals surface area (Å²) < 4.78 is 14.4. The van der Waals surface area contributed by atoms with Crippen LogP contribution >= 0.6 is 0 Å². The smallest absolute Gasteiger partial charge is 0.282 e. The number of aryl methyl sites for hydroxylation is 1. The van der Waals surface area contributed by atoms with Crippen LogP contribution < -0.4 is 10.9 Å². The highest BCUT2D eigenvalue weighted by Gasteiger charge is 2.21. The number of aromatic nitrogens is 1. The molecule has 0 saturated carbocycles. The largest absolute Gasteiger partial charge is 0.320 e. The minimum absolute atomic E-state index is 0.264. The molecular weight excluding hydrogens is 281 g/mol. The number of amides is 1. The molecular formula is C13H10FN3O4. The van der Waals surface area contributed by atoms with Crippen molar-refractivity contribution >= 4 is 17.3 Å². The molecule has 1 aromatic carbocycles. The topological polar surface area (TPSA) is 94.2 Å². The molecule has 0 radical (unpaired) electrons. The molecule has 108 valence electrons. The zero-order valence-corrected chi connectivity index (χ0v) is 10.9. The van der Waals surface area contributed by atoms with Gasteiger partial charge in [-0.15, -0.1) is 0 Å². The van der Waals surface area contributed by atoms with Crippen molar-refractivity contribution in [1.29, 1.82) is 0 Å². The van der Waals surface area contributed by atoms with Crippen molar-refractivity contribution in [1.82, 2.24) is 4.57 Å². The normalized spacial score (nSPS) is 10.2. The van der Waals surface area contributed by atoms with Gasteiger partial charge in [-0.2, -0.15) is 0 Å². The van der Waals surface area contributed by atoms with Gasteiger partial charge < -0.3 is 9.88 Å². The van der Waals surface area contributed by atoms with Gasteiger partial charge in [0.15, 0.2) is 0 Å². The van der Waals surface area contributed by atoms with Crippen molar-refractivity contribution < 1.29 is 14.1 Å². The number of nitro groups is 1. The first-order chi connectivity index (χ1) is 9.88. The van der Waals surface area contributed by atoms with E-state index in [1.807, 2.05) is 0 Å². The molecule has 1 heterocycles. The Hall–Kier alpha value is -3.03. The number of nitro benzene ring substituents is 1. The number of carbonyl (C=O) groups is 1. The molecule has 0 aliphatic rings. The zero-order valence-electron chi connectivity index (χ0n) is 10.9. The molecule has 7 nitrogen and oxygen atoms in total. The van der Waals surface area contributed by atoms with E-state index in [2.05, 4.69) is 5.32 Å². The Morgan fingerprint density at radius 3 is 2.67 bits per heavy atom. The van der Waals surface area contributed by atoms with E-state index in [0.29, 0.717) is 0 Å². The predicted molar refractivity (Wildman–Crippen MR) is 72.7 cm³/mol. The van der Waals surface area contributed by atoms with E-state index in [-0.39, 0.29) is 11.2 Å². The molecule has 2 aromatic rings. The van der Waals surface area contributed by atoms with Gasteiger partial charge in [0.25, 0.3) is 11.6 Å². The molecule has 2 rings (SSSR count). The second-order valence-corrected chi connectivity index (χ2v) is 4.24. The number of carbonyl (C=O) groups excluding carboxylic acids is 1. The minimum Gasteiger partial charge on any atom is -0.320 e. The standard InChI is InChI=1S/C13H10FN3O4/c1-16-7-9(3-5-12(16)18)15-13(19)10-6-8(14)2-4-11(10)17(20)21/h2-7H,1H3,(H,15,19). The second kappa shape index (κ2) is 5.53. The van der Waals surface area contributed by atoms with Crippen LogP contribution in [0.15, 0.2) is 41.3 Å². The summed E-state index contributed by atoms with van der Waals surface area (Å²) in [5, 5.41) is 13.2. The van der Waals surface area contributed by atoms with Crippen molar-refractivity contribution in [2.45, 2.75) is 0 Å². The van der Waals surface area contributed by atoms with E-state index in [4.69, 9.17) is 0 Å². The van der Waals surface area contributed by atoms with Crippen molar-refractivity contribution in [2.24, 2.45) is 7.05 Å². The third kappa shape index (κ3) is 3.11. The van der Waals surface area contributed by atoms with Crippen molar-refractivity contribution in [2.75, 3.05) is 5.32 Å². The van der Waals surface area contributed by atoms with Crippen LogP contribution in [0.4, 0.5) is 15.8 Å². The lowest BCUT2D eigenvalue weighted by Gasteiger charge is -2.07. The van der Waals surface area contributed by atoms with E-state index in [1.165, 1.54) is 29.9 Å². The lowest BCUT2D eigenvalue weighted by Crippen LogP contribution is -2.18. The number of halogens is 1. The summed E-state index contributed by atoms with van der Waals surface area (Å²) in [7, 11) is 1.49. The number of anilines is 1. The van der Waals surface area contributed by atoms with Gasteiger partial charge in [-0.1, -0.05) is 0 Å². The number of benzene rings is 1. The highest BCUT2D eigenvalue weighted by Crippen LogP contribution is 2.20. The molecule has 0 atom stereocenters. The lowest BCUT2D eigenvalue weighted by atomic mass is 10.1. The van der Waals surface area contributed by atoms with E-state index in [0.717, 1.165) is 18.2 Å². The lowest BCUT2D eigenvalue weighted by molar-refractivity contribution is -0.385. The molecule has 0 aliphatic heterocycles. The summed E-state index contributed by atoms with van der Waals surface area (Å²) in [6.45, 7) is 0. The first kappa shape index (κ1) is 14.4. The summed E-state index contributed by atoms with van der Waals surface area (Å²) in [5.74, 6) is -1.59. The van der Waals surface area contributed by atoms with Crippen LogP contribution in [0.2, 0.25) is 0 Å². The van der Waals surface area contributed by atoms with Gasteiger partial charge in [0.05, 0.1) is 10.6 Å². The van der Waals surface area contributed by atoms with Crippen LogP contribution in [0.5, 0.6) is 0 Å². The van der Waals surface area contributed by atoms with Crippen molar-refractivity contribution in [3.8, 4) is 0 Å². The number of rotatable bonds is 3. The van der Waals surface area contributed by atoms with E-state index >= 15 is 0 Å². The summed E-state index contributed by atoms with van der Waals surface area (Å²) in [6, 6.07) is 5.20. The summed E-state index contributed by atoms with van der Waals surface area (Å²) in [6.07, 6.45) is 1.35. The average molecular weight is 291 g/mol. The Morgan fingerprint density at radius 1 is 1.33 bits per heavy atom. The zero-order chi connectivity index (χ0) is 15.6. The number of hydrogen-bond donors (Lipinski definition) is 1. The van der Waals surface area contributed by atoms with Crippen molar-refractivity contribution in [3.63, 3.8) is 0 Å². The van der Waals surface area contributed by atoms with Crippen LogP contribution in [-0.4, -0.2) is 15.4 Å². The Balaban J connectivity index is 2.36. The summed E-state index contributed by atoms with van der Waals surface area (Å²) in [4.78, 5) is 33.3. The van der Waals surface area contributed by atoms with Crippen molar-refractivity contribution in [3.05, 3.63) is 68.4 Å². The Morgan fingerprint density at radius 2 is 2.05 bits per heavy atom. The molecule has 0 fully saturated rings. The molecule has 1 amide bonds. The van der Waals surface area contributed by atoms with Gasteiger partial charge in [0, 0.05) is 25.4 Å². The van der Waals surface area contributed by atoms with Crippen LogP contribution in [0.3, 0.4) is 0 Å². The van der Waals surface area contributed by atoms with Crippen LogP contribution in [0, 0.1) is 15.9 Å². The minimum atomic E-state index is -0.833. The number of nitrogens with one attached hydrogen (secondary N) is 1. The van der Waals surface area contributed by atoms with E-state index < -0.39 is 27.9 Å². The second-order valence-electron chi connectivity index (χ2n) is 4.24. The molecule has 21 heavy (non-hydrogen) atoms. The van der Waals surface area contributed by atoms with Gasteiger partial charge in [0.2, 0.25) is 5.56 Å². The molecule has 0 bridgehead atoms. The first-order valence-corrected chi connectivity index (χ1v) is 5.80. The molecule has 0 unspecified atom stereocenters. The monoisotopic (exact) mass is 291 g/mol. The van der Waals surface area contributed by atoms with Gasteiger partial charge in [-0.25, -0.2) is 4.39 Å². The molecule has 1 aromatic heterocycles. The molecule has 0 aliphatic carbocycles. The fraction of sp³-hybridized carbons (Fsp3) is 0.0769. The fourth-order valence-corrected chi connectivity index (χ4v) is 1.72. The molecule has 0 saturated heterocycles. The Labute approximate surface area is 117 Å². The van der Waals surface area contributed by atoms with E-state index in [1.54, 1.807) is 0 Å². The Bertz CT molecular complexity index is 785.